The van der Waals surface area contributed by atoms with E-state index < -0.39 is 17.9 Å². The number of nitrogens with zero attached hydrogens (tertiary/aromatic N) is 6. The average Bonchev–Trinajstić information content (AvgIpc) is 3.23. The van der Waals surface area contributed by atoms with E-state index >= 15 is 0 Å². The lowest BCUT2D eigenvalue weighted by atomic mass is 9.49. The number of anilines is 2. The molecule has 2 aromatic carbocycles. The number of carbonyl (C=O) groups is 4. The Balaban J connectivity index is 0.835. The predicted octanol–water partition coefficient (Wildman–Crippen LogP) is 3.54. The van der Waals surface area contributed by atoms with Crippen molar-refractivity contribution in [1.82, 2.24) is 30.8 Å². The Kier molecular flexibility index (Phi) is 11.6. The molecule has 1 atom stereocenters. The van der Waals surface area contributed by atoms with Crippen molar-refractivity contribution in [1.29, 1.82) is 5.26 Å². The normalized spacial score (nSPS) is 23.2. The topological polar surface area (TPSA) is 182 Å². The van der Waals surface area contributed by atoms with Crippen LogP contribution in [0, 0.1) is 28.1 Å². The van der Waals surface area contributed by atoms with E-state index in [0.717, 1.165) is 70.0 Å². The van der Waals surface area contributed by atoms with E-state index in [4.69, 9.17) is 9.47 Å². The molecule has 3 aliphatic heterocycles. The van der Waals surface area contributed by atoms with Gasteiger partial charge in [0.1, 0.15) is 29.7 Å². The molecule has 4 heterocycles. The molecule has 306 valence electrons. The van der Waals surface area contributed by atoms with Gasteiger partial charge in [-0.05, 0) is 61.6 Å². The summed E-state index contributed by atoms with van der Waals surface area (Å²) in [4.78, 5) is 65.1. The van der Waals surface area contributed by atoms with Crippen LogP contribution < -0.4 is 35.2 Å². The van der Waals surface area contributed by atoms with Crippen molar-refractivity contribution in [3.63, 3.8) is 0 Å². The van der Waals surface area contributed by atoms with Crippen LogP contribution in [0.25, 0.3) is 0 Å². The second-order valence-electron chi connectivity index (χ2n) is 17.0. The lowest BCUT2D eigenvalue weighted by Crippen LogP contribution is -2.74. The number of methoxy groups -OCH3 is 1. The predicted molar refractivity (Wildman–Crippen MR) is 217 cm³/mol. The Labute approximate surface area is 339 Å². The van der Waals surface area contributed by atoms with Crippen LogP contribution >= 0.6 is 0 Å². The first-order chi connectivity index (χ1) is 27.8. The van der Waals surface area contributed by atoms with Gasteiger partial charge in [-0.1, -0.05) is 27.7 Å². The molecular weight excluding hydrogens is 739 g/mol. The van der Waals surface area contributed by atoms with Crippen molar-refractivity contribution in [2.24, 2.45) is 16.7 Å². The highest BCUT2D eigenvalue weighted by molar-refractivity contribution is 6.03. The van der Waals surface area contributed by atoms with E-state index in [9.17, 15) is 24.4 Å². The zero-order valence-corrected chi connectivity index (χ0v) is 33.9. The molecule has 4 aliphatic rings. The van der Waals surface area contributed by atoms with Gasteiger partial charge in [-0.25, -0.2) is 9.97 Å². The van der Waals surface area contributed by atoms with Crippen LogP contribution in [0.1, 0.15) is 79.9 Å². The maximum absolute atomic E-state index is 13.5. The first-order valence-electron chi connectivity index (χ1n) is 20.1. The highest BCUT2D eigenvalue weighted by Gasteiger charge is 2.64. The summed E-state index contributed by atoms with van der Waals surface area (Å²) in [7, 11) is 1.53. The summed E-state index contributed by atoms with van der Waals surface area (Å²) in [5.74, 6) is 0.202. The summed E-state index contributed by atoms with van der Waals surface area (Å²) in [6, 6.07) is 14.4. The first kappa shape index (κ1) is 40.4. The number of carbonyl (C=O) groups excluding carboxylic acids is 4. The molecule has 3 N–H and O–H groups in total. The molecule has 0 bridgehead atoms. The van der Waals surface area contributed by atoms with Crippen molar-refractivity contribution in [2.45, 2.75) is 71.6 Å². The van der Waals surface area contributed by atoms with Crippen molar-refractivity contribution in [3.8, 4) is 17.6 Å². The highest BCUT2D eigenvalue weighted by Crippen LogP contribution is 2.55. The lowest BCUT2D eigenvalue weighted by Gasteiger charge is -2.63. The number of imide groups is 1. The molecule has 58 heavy (non-hydrogen) atoms. The number of aromatic nitrogens is 2. The third-order valence-corrected chi connectivity index (χ3v) is 12.4. The van der Waals surface area contributed by atoms with E-state index in [2.05, 4.69) is 86.5 Å². The number of hydrogen-bond donors (Lipinski definition) is 3. The maximum Gasteiger partial charge on any atom is 0.289 e. The average molecular weight is 792 g/mol. The molecule has 4 amide bonds. The molecular formula is C43H53N9O6. The zero-order chi connectivity index (χ0) is 41.2. The zero-order valence-electron chi connectivity index (χ0n) is 33.9. The van der Waals surface area contributed by atoms with Gasteiger partial charge in [0.25, 0.3) is 11.8 Å². The summed E-state index contributed by atoms with van der Waals surface area (Å²) in [6.07, 6.45) is 5.76. The van der Waals surface area contributed by atoms with Crippen LogP contribution in [-0.2, 0) is 9.59 Å². The lowest BCUT2D eigenvalue weighted by molar-refractivity contribution is -0.164. The molecule has 15 nitrogen and oxygen atoms in total. The number of amides is 4. The van der Waals surface area contributed by atoms with Crippen molar-refractivity contribution in [2.75, 3.05) is 62.7 Å². The maximum atomic E-state index is 13.5. The molecule has 7 rings (SSSR count). The third-order valence-electron chi connectivity index (χ3n) is 12.4. The minimum atomic E-state index is -0.773. The van der Waals surface area contributed by atoms with Gasteiger partial charge in [0, 0.05) is 86.4 Å². The van der Waals surface area contributed by atoms with Crippen molar-refractivity contribution < 1.29 is 28.7 Å². The smallest absolute Gasteiger partial charge is 0.289 e. The summed E-state index contributed by atoms with van der Waals surface area (Å²) in [5, 5.41) is 17.5. The molecule has 1 aromatic heterocycles. The van der Waals surface area contributed by atoms with Crippen molar-refractivity contribution in [3.05, 3.63) is 71.8 Å². The molecule has 0 radical (unpaired) electrons. The van der Waals surface area contributed by atoms with Crippen LogP contribution in [0.3, 0.4) is 0 Å². The third kappa shape index (κ3) is 8.43. The molecule has 0 unspecified atom stereocenters. The number of nitriles is 1. The Morgan fingerprint density at radius 2 is 1.52 bits per heavy atom. The minimum Gasteiger partial charge on any atom is -0.495 e. The molecule has 15 heteroatoms. The van der Waals surface area contributed by atoms with Crippen LogP contribution in [0.15, 0.2) is 54.9 Å². The van der Waals surface area contributed by atoms with E-state index in [1.165, 1.54) is 7.11 Å². The van der Waals surface area contributed by atoms with Crippen LogP contribution in [0.2, 0.25) is 0 Å². The summed E-state index contributed by atoms with van der Waals surface area (Å²) < 4.78 is 11.8. The van der Waals surface area contributed by atoms with Crippen LogP contribution in [-0.4, -0.2) is 110 Å². The monoisotopic (exact) mass is 791 g/mol. The molecule has 1 saturated carbocycles. The van der Waals surface area contributed by atoms with E-state index in [-0.39, 0.29) is 53.5 Å². The number of piperazine rings is 1. The quantitative estimate of drug-likeness (QED) is 0.241. The minimum absolute atomic E-state index is 0.0119. The van der Waals surface area contributed by atoms with Gasteiger partial charge < -0.3 is 29.9 Å². The SMILES string of the molecule is COc1cc(O[C@H]2C(C)(C)[C@H](NC(=O)c3ccc(N4CCC(CN5CCN(c6cnc(C(=O)N[C@H]7CCC(=O)NC7=O)nc6)CC5)CC4)cc3)C2(C)C)ccc1C#N. The van der Waals surface area contributed by atoms with Gasteiger partial charge in [0.2, 0.25) is 17.6 Å². The number of ether oxygens (including phenoxy) is 2. The molecule has 0 spiro atoms. The summed E-state index contributed by atoms with van der Waals surface area (Å²) in [6.45, 7) is 14.9. The number of rotatable bonds is 11. The van der Waals surface area contributed by atoms with Crippen LogP contribution in [0.4, 0.5) is 11.4 Å². The van der Waals surface area contributed by atoms with Crippen molar-refractivity contribution >= 4 is 35.0 Å². The number of piperidine rings is 2. The second kappa shape index (κ2) is 16.6. The molecule has 1 aliphatic carbocycles. The van der Waals surface area contributed by atoms with Gasteiger partial charge in [-0.15, -0.1) is 0 Å². The Bertz CT molecular complexity index is 2030. The molecule has 3 saturated heterocycles. The Morgan fingerprint density at radius 1 is 0.862 bits per heavy atom. The van der Waals surface area contributed by atoms with Gasteiger partial charge in [0.05, 0.1) is 30.8 Å². The number of benzene rings is 2. The Morgan fingerprint density at radius 3 is 2.14 bits per heavy atom. The molecule has 3 aromatic rings. The fourth-order valence-electron chi connectivity index (χ4n) is 9.39. The van der Waals surface area contributed by atoms with Crippen LogP contribution in [0.5, 0.6) is 11.5 Å². The van der Waals surface area contributed by atoms with Gasteiger partial charge in [-0.2, -0.15) is 5.26 Å². The number of nitrogens with one attached hydrogen (secondary N) is 3. The first-order valence-corrected chi connectivity index (χ1v) is 20.1. The van der Waals surface area contributed by atoms with E-state index in [1.807, 2.05) is 12.1 Å². The molecule has 4 fully saturated rings. The van der Waals surface area contributed by atoms with E-state index in [0.29, 0.717) is 28.5 Å². The van der Waals surface area contributed by atoms with E-state index in [1.54, 1.807) is 30.6 Å². The summed E-state index contributed by atoms with van der Waals surface area (Å²) in [5.41, 5.74) is 2.37. The fourth-order valence-corrected chi connectivity index (χ4v) is 9.39. The highest BCUT2D eigenvalue weighted by atomic mass is 16.5. The fraction of sp³-hybridized carbons (Fsp3) is 0.512. The summed E-state index contributed by atoms with van der Waals surface area (Å²) >= 11 is 0. The largest absolute Gasteiger partial charge is 0.495 e. The number of hydrogen-bond acceptors (Lipinski definition) is 12. The Hall–Kier alpha value is -5.75. The second-order valence-corrected chi connectivity index (χ2v) is 17.0. The van der Waals surface area contributed by atoms with Gasteiger partial charge in [0.15, 0.2) is 0 Å². The van der Waals surface area contributed by atoms with Gasteiger partial charge in [-0.3, -0.25) is 29.4 Å². The van der Waals surface area contributed by atoms with Gasteiger partial charge >= 0.3 is 0 Å². The standard InChI is InChI=1S/C43H53N9O6/c1-42(2)40(43(3,4)41(42)58-32-11-8-29(23-44)34(22-32)57-5)49-37(54)28-6-9-30(10-7-28)51-16-14-27(15-17-51)26-50-18-20-52(21-19-50)31-24-45-36(46-25-31)39(56)47-33-12-13-35(53)48-38(33)55/h6-11,22,24-25,27,33,40-41H,12-21,26H2,1-5H3,(H,47,56)(H,49,54)(H,48,53,55)/t33-,40-,41-/m0/s1.